The summed E-state index contributed by atoms with van der Waals surface area (Å²) in [4.78, 5) is 0. The molecular formula is C21H35ClN2O3. The van der Waals surface area contributed by atoms with E-state index in [9.17, 15) is 0 Å². The first-order chi connectivity index (χ1) is 12.9. The minimum atomic E-state index is 0. The maximum absolute atomic E-state index is 5.68. The average molecular weight is 399 g/mol. The molecule has 3 unspecified atom stereocenters. The summed E-state index contributed by atoms with van der Waals surface area (Å²) in [6.45, 7) is 8.32. The molecule has 2 N–H and O–H groups in total. The summed E-state index contributed by atoms with van der Waals surface area (Å²) in [5.74, 6) is 0.681. The lowest BCUT2D eigenvalue weighted by atomic mass is 9.94. The third kappa shape index (κ3) is 7.33. The van der Waals surface area contributed by atoms with Gasteiger partial charge in [-0.3, -0.25) is 0 Å². The van der Waals surface area contributed by atoms with Gasteiger partial charge in [0.1, 0.15) is 0 Å². The number of nitrogens with one attached hydrogen (secondary N) is 2. The number of rotatable bonds is 10. The van der Waals surface area contributed by atoms with Crippen LogP contribution >= 0.6 is 12.4 Å². The van der Waals surface area contributed by atoms with Gasteiger partial charge in [-0.1, -0.05) is 30.7 Å². The van der Waals surface area contributed by atoms with Crippen molar-refractivity contribution >= 4 is 12.4 Å². The molecule has 27 heavy (non-hydrogen) atoms. The SMILES string of the molecule is CCOCCOCc1cccc(CNC2CCCC2C2COCCN2)c1.Cl. The molecule has 5 nitrogen and oxygen atoms in total. The van der Waals surface area contributed by atoms with E-state index in [1.165, 1.54) is 30.4 Å². The molecule has 1 saturated heterocycles. The Kier molecular flexibility index (Phi) is 10.6. The van der Waals surface area contributed by atoms with Gasteiger partial charge in [-0.25, -0.2) is 0 Å². The second-order valence-corrected chi connectivity index (χ2v) is 7.29. The molecule has 0 bridgehead atoms. The summed E-state index contributed by atoms with van der Waals surface area (Å²) >= 11 is 0. The summed E-state index contributed by atoms with van der Waals surface area (Å²) in [6, 6.07) is 9.80. The molecule has 1 heterocycles. The molecule has 3 rings (SSSR count). The van der Waals surface area contributed by atoms with Crippen molar-refractivity contribution in [1.29, 1.82) is 0 Å². The molecular weight excluding hydrogens is 364 g/mol. The van der Waals surface area contributed by atoms with Crippen LogP contribution in [0.2, 0.25) is 0 Å². The van der Waals surface area contributed by atoms with Gasteiger partial charge in [0.05, 0.1) is 33.0 Å². The van der Waals surface area contributed by atoms with E-state index in [1.54, 1.807) is 0 Å². The third-order valence-corrected chi connectivity index (χ3v) is 5.44. The summed E-state index contributed by atoms with van der Waals surface area (Å²) in [7, 11) is 0. The Morgan fingerprint density at radius 1 is 1.19 bits per heavy atom. The van der Waals surface area contributed by atoms with Crippen LogP contribution in [0.15, 0.2) is 24.3 Å². The van der Waals surface area contributed by atoms with Gasteiger partial charge in [0.25, 0.3) is 0 Å². The quantitative estimate of drug-likeness (QED) is 0.593. The topological polar surface area (TPSA) is 51.8 Å². The van der Waals surface area contributed by atoms with Crippen LogP contribution in [0.4, 0.5) is 0 Å². The van der Waals surface area contributed by atoms with Crippen molar-refractivity contribution < 1.29 is 14.2 Å². The Balaban J connectivity index is 0.00000261. The molecule has 154 valence electrons. The molecule has 1 aromatic carbocycles. The normalized spacial score (nSPS) is 25.3. The van der Waals surface area contributed by atoms with E-state index < -0.39 is 0 Å². The van der Waals surface area contributed by atoms with Gasteiger partial charge >= 0.3 is 0 Å². The number of ether oxygens (including phenoxy) is 3. The van der Waals surface area contributed by atoms with Crippen molar-refractivity contribution in [3.63, 3.8) is 0 Å². The lowest BCUT2D eigenvalue weighted by Crippen LogP contribution is -2.50. The van der Waals surface area contributed by atoms with Crippen molar-refractivity contribution in [2.75, 3.05) is 39.6 Å². The van der Waals surface area contributed by atoms with Crippen molar-refractivity contribution in [1.82, 2.24) is 10.6 Å². The van der Waals surface area contributed by atoms with Gasteiger partial charge in [-0.05, 0) is 36.8 Å². The van der Waals surface area contributed by atoms with Crippen molar-refractivity contribution in [2.24, 2.45) is 5.92 Å². The monoisotopic (exact) mass is 398 g/mol. The lowest BCUT2D eigenvalue weighted by Gasteiger charge is -2.33. The lowest BCUT2D eigenvalue weighted by molar-refractivity contribution is 0.0452. The van der Waals surface area contributed by atoms with Crippen LogP contribution in [0.5, 0.6) is 0 Å². The minimum absolute atomic E-state index is 0. The maximum Gasteiger partial charge on any atom is 0.0718 e. The highest BCUT2D eigenvalue weighted by molar-refractivity contribution is 5.85. The highest BCUT2D eigenvalue weighted by atomic mass is 35.5. The van der Waals surface area contributed by atoms with Gasteiger partial charge in [-0.15, -0.1) is 12.4 Å². The minimum Gasteiger partial charge on any atom is -0.379 e. The highest BCUT2D eigenvalue weighted by Gasteiger charge is 2.34. The van der Waals surface area contributed by atoms with Crippen LogP contribution in [0.25, 0.3) is 0 Å². The van der Waals surface area contributed by atoms with E-state index in [1.807, 2.05) is 6.92 Å². The number of halogens is 1. The number of morpholine rings is 1. The first-order valence-electron chi connectivity index (χ1n) is 10.1. The fourth-order valence-corrected chi connectivity index (χ4v) is 4.12. The zero-order valence-corrected chi connectivity index (χ0v) is 17.3. The molecule has 1 aliphatic heterocycles. The van der Waals surface area contributed by atoms with Crippen LogP contribution in [-0.2, 0) is 27.4 Å². The predicted octanol–water partition coefficient (Wildman–Crippen LogP) is 2.91. The van der Waals surface area contributed by atoms with Crippen LogP contribution < -0.4 is 10.6 Å². The molecule has 0 amide bonds. The first kappa shape index (κ1) is 22.6. The third-order valence-electron chi connectivity index (χ3n) is 5.44. The van der Waals surface area contributed by atoms with E-state index in [0.29, 0.717) is 37.8 Å². The Hall–Kier alpha value is -0.690. The van der Waals surface area contributed by atoms with Gasteiger partial charge in [0, 0.05) is 31.8 Å². The maximum atomic E-state index is 5.68. The van der Waals surface area contributed by atoms with Gasteiger partial charge in [0.2, 0.25) is 0 Å². The number of hydrogen-bond donors (Lipinski definition) is 2. The zero-order chi connectivity index (χ0) is 18.0. The Bertz CT molecular complexity index is 526. The van der Waals surface area contributed by atoms with Crippen LogP contribution in [0, 0.1) is 5.92 Å². The van der Waals surface area contributed by atoms with E-state index >= 15 is 0 Å². The smallest absolute Gasteiger partial charge is 0.0718 e. The van der Waals surface area contributed by atoms with Gasteiger partial charge in [-0.2, -0.15) is 0 Å². The predicted molar refractivity (Wildman–Crippen MR) is 110 cm³/mol. The average Bonchev–Trinajstić information content (AvgIpc) is 3.16. The Morgan fingerprint density at radius 2 is 2.04 bits per heavy atom. The molecule has 1 saturated carbocycles. The number of benzene rings is 1. The van der Waals surface area contributed by atoms with Crippen LogP contribution in [-0.4, -0.2) is 51.7 Å². The molecule has 0 spiro atoms. The van der Waals surface area contributed by atoms with Gasteiger partial charge < -0.3 is 24.8 Å². The zero-order valence-electron chi connectivity index (χ0n) is 16.5. The first-order valence-corrected chi connectivity index (χ1v) is 10.1. The van der Waals surface area contributed by atoms with Crippen LogP contribution in [0.3, 0.4) is 0 Å². The molecule has 0 aromatic heterocycles. The molecule has 3 atom stereocenters. The second-order valence-electron chi connectivity index (χ2n) is 7.29. The summed E-state index contributed by atoms with van der Waals surface area (Å²) in [5, 5.41) is 7.44. The number of hydrogen-bond acceptors (Lipinski definition) is 5. The molecule has 1 aromatic rings. The van der Waals surface area contributed by atoms with E-state index in [2.05, 4.69) is 34.9 Å². The van der Waals surface area contributed by atoms with E-state index in [-0.39, 0.29) is 12.4 Å². The standard InChI is InChI=1S/C21H34N2O3.ClH/c1-2-24-11-12-26-15-18-6-3-5-17(13-18)14-23-20-8-4-7-19(20)21-16-25-10-9-22-21;/h3,5-6,13,19-23H,2,4,7-12,14-16H2,1H3;1H. The largest absolute Gasteiger partial charge is 0.379 e. The Labute approximate surface area is 169 Å². The summed E-state index contributed by atoms with van der Waals surface area (Å²) < 4.78 is 16.7. The molecule has 0 radical (unpaired) electrons. The summed E-state index contributed by atoms with van der Waals surface area (Å²) in [5.41, 5.74) is 2.56. The van der Waals surface area contributed by atoms with Crippen LogP contribution in [0.1, 0.15) is 37.3 Å². The molecule has 2 aliphatic rings. The second kappa shape index (κ2) is 12.7. The van der Waals surface area contributed by atoms with Crippen molar-refractivity contribution in [3.8, 4) is 0 Å². The van der Waals surface area contributed by atoms with E-state index in [4.69, 9.17) is 14.2 Å². The van der Waals surface area contributed by atoms with Crippen molar-refractivity contribution in [2.45, 2.75) is 51.4 Å². The Morgan fingerprint density at radius 3 is 2.85 bits per heavy atom. The molecule has 1 aliphatic carbocycles. The van der Waals surface area contributed by atoms with E-state index in [0.717, 1.165) is 32.9 Å². The van der Waals surface area contributed by atoms with Crippen molar-refractivity contribution in [3.05, 3.63) is 35.4 Å². The molecule has 6 heteroatoms. The summed E-state index contributed by atoms with van der Waals surface area (Å²) in [6.07, 6.45) is 3.88. The fourth-order valence-electron chi connectivity index (χ4n) is 4.12. The fraction of sp³-hybridized carbons (Fsp3) is 0.714. The highest BCUT2D eigenvalue weighted by Crippen LogP contribution is 2.29. The van der Waals surface area contributed by atoms with Gasteiger partial charge in [0.15, 0.2) is 0 Å². The molecule has 2 fully saturated rings.